The lowest BCUT2D eigenvalue weighted by atomic mass is 10.4. The summed E-state index contributed by atoms with van der Waals surface area (Å²) in [6, 6.07) is 0. The van der Waals surface area contributed by atoms with Crippen molar-refractivity contribution in [2.24, 2.45) is 0 Å². The number of carbonyl (C=O) groups is 1. The lowest BCUT2D eigenvalue weighted by Crippen LogP contribution is -1.96. The predicted molar refractivity (Wildman–Crippen MR) is 42.4 cm³/mol. The van der Waals surface area contributed by atoms with Crippen LogP contribution in [0.5, 0.6) is 0 Å². The topological polar surface area (TPSA) is 39.2 Å². The van der Waals surface area contributed by atoms with E-state index in [0.29, 0.717) is 6.47 Å². The Bertz CT molecular complexity index is 246. The summed E-state index contributed by atoms with van der Waals surface area (Å²) in [5, 5.41) is 2.77. The van der Waals surface area contributed by atoms with Crippen LogP contribution in [0.1, 0.15) is 23.7 Å². The Balaban J connectivity index is 2.67. The van der Waals surface area contributed by atoms with Crippen molar-refractivity contribution < 1.29 is 9.53 Å². The molecule has 0 radical (unpaired) electrons. The van der Waals surface area contributed by atoms with Crippen LogP contribution in [-0.4, -0.2) is 11.5 Å². The fraction of sp³-hybridized carbons (Fsp3) is 0.429. The number of ether oxygens (including phenoxy) is 1. The first-order valence-electron chi connectivity index (χ1n) is 3.25. The van der Waals surface area contributed by atoms with Crippen LogP contribution in [-0.2, 0) is 9.53 Å². The quantitative estimate of drug-likeness (QED) is 0.649. The number of carbonyl (C=O) groups excluding carboxylic acids is 1. The number of hydrogen-bond donors (Lipinski definition) is 0. The highest BCUT2D eigenvalue weighted by molar-refractivity contribution is 7.09. The average Bonchev–Trinajstić information content (AvgIpc) is 2.36. The van der Waals surface area contributed by atoms with Gasteiger partial charge in [0.1, 0.15) is 11.1 Å². The molecule has 11 heavy (non-hydrogen) atoms. The summed E-state index contributed by atoms with van der Waals surface area (Å²) in [5.74, 6) is 0. The van der Waals surface area contributed by atoms with E-state index in [1.807, 2.05) is 12.3 Å². The van der Waals surface area contributed by atoms with Gasteiger partial charge < -0.3 is 4.74 Å². The Kier molecular flexibility index (Phi) is 2.59. The summed E-state index contributed by atoms with van der Waals surface area (Å²) < 4.78 is 4.71. The maximum Gasteiger partial charge on any atom is 0.293 e. The van der Waals surface area contributed by atoms with E-state index in [-0.39, 0.29) is 6.10 Å². The molecule has 0 fully saturated rings. The Morgan fingerprint density at radius 1 is 1.82 bits per heavy atom. The monoisotopic (exact) mass is 171 g/mol. The first-order chi connectivity index (χ1) is 5.24. The zero-order valence-corrected chi connectivity index (χ0v) is 7.22. The molecule has 1 atom stereocenters. The molecule has 3 nitrogen and oxygen atoms in total. The lowest BCUT2D eigenvalue weighted by molar-refractivity contribution is -0.133. The van der Waals surface area contributed by atoms with Crippen molar-refractivity contribution in [2.45, 2.75) is 20.0 Å². The van der Waals surface area contributed by atoms with Crippen molar-refractivity contribution in [3.63, 3.8) is 0 Å². The zero-order valence-electron chi connectivity index (χ0n) is 6.40. The number of hydrogen-bond acceptors (Lipinski definition) is 4. The molecule has 0 aliphatic heterocycles. The van der Waals surface area contributed by atoms with Crippen LogP contribution < -0.4 is 0 Å². The minimum atomic E-state index is -0.216. The summed E-state index contributed by atoms with van der Waals surface area (Å²) in [7, 11) is 0. The summed E-state index contributed by atoms with van der Waals surface area (Å²) in [4.78, 5) is 14.1. The highest BCUT2D eigenvalue weighted by atomic mass is 32.1. The third-order valence-corrected chi connectivity index (χ3v) is 2.37. The van der Waals surface area contributed by atoms with Gasteiger partial charge in [-0.1, -0.05) is 0 Å². The maximum absolute atomic E-state index is 9.95. The summed E-state index contributed by atoms with van der Waals surface area (Å²) >= 11 is 1.50. The summed E-state index contributed by atoms with van der Waals surface area (Å²) in [6.07, 6.45) is -0.216. The van der Waals surface area contributed by atoms with Gasteiger partial charge >= 0.3 is 0 Å². The van der Waals surface area contributed by atoms with Crippen molar-refractivity contribution in [1.29, 1.82) is 0 Å². The normalized spacial score (nSPS) is 12.5. The fourth-order valence-electron chi connectivity index (χ4n) is 0.700. The van der Waals surface area contributed by atoms with Crippen LogP contribution in [0.15, 0.2) is 5.38 Å². The van der Waals surface area contributed by atoms with Gasteiger partial charge in [0.05, 0.1) is 0 Å². The van der Waals surface area contributed by atoms with Gasteiger partial charge in [-0.15, -0.1) is 11.3 Å². The molecule has 1 aromatic rings. The predicted octanol–water partition coefficient (Wildman–Crippen LogP) is 1.69. The molecular formula is C7H9NO2S. The standard InChI is InChI=1S/C7H9NO2S/c1-5-3-11-7(8-5)6(2)10-4-9/h3-4,6H,1-2H3. The molecule has 0 bridgehead atoms. The average molecular weight is 171 g/mol. The van der Waals surface area contributed by atoms with Crippen LogP contribution in [0.4, 0.5) is 0 Å². The molecule has 0 aliphatic carbocycles. The first-order valence-corrected chi connectivity index (χ1v) is 4.13. The second-order valence-electron chi connectivity index (χ2n) is 2.20. The number of aryl methyl sites for hydroxylation is 1. The molecule has 1 unspecified atom stereocenters. The zero-order chi connectivity index (χ0) is 8.27. The Morgan fingerprint density at radius 2 is 2.55 bits per heavy atom. The molecule has 0 aromatic carbocycles. The van der Waals surface area contributed by atoms with Gasteiger partial charge in [-0.2, -0.15) is 0 Å². The van der Waals surface area contributed by atoms with E-state index in [0.717, 1.165) is 10.7 Å². The van der Waals surface area contributed by atoms with Gasteiger partial charge in [-0.3, -0.25) is 4.79 Å². The third kappa shape index (κ3) is 2.01. The van der Waals surface area contributed by atoms with Crippen molar-refractivity contribution in [3.8, 4) is 0 Å². The molecule has 1 heterocycles. The minimum Gasteiger partial charge on any atom is -0.457 e. The molecule has 0 spiro atoms. The summed E-state index contributed by atoms with van der Waals surface area (Å²) in [6.45, 7) is 4.15. The van der Waals surface area contributed by atoms with E-state index in [1.54, 1.807) is 6.92 Å². The number of rotatable bonds is 3. The minimum absolute atomic E-state index is 0.216. The van der Waals surface area contributed by atoms with Crippen LogP contribution in [0.2, 0.25) is 0 Å². The molecule has 0 saturated heterocycles. The molecule has 0 aliphatic rings. The van der Waals surface area contributed by atoms with Crippen LogP contribution in [0.3, 0.4) is 0 Å². The highest BCUT2D eigenvalue weighted by Gasteiger charge is 2.08. The van der Waals surface area contributed by atoms with E-state index in [4.69, 9.17) is 4.74 Å². The molecule has 0 amide bonds. The molecule has 0 saturated carbocycles. The Hall–Kier alpha value is -0.900. The van der Waals surface area contributed by atoms with Crippen LogP contribution in [0, 0.1) is 6.92 Å². The van der Waals surface area contributed by atoms with E-state index in [1.165, 1.54) is 11.3 Å². The van der Waals surface area contributed by atoms with E-state index < -0.39 is 0 Å². The SMILES string of the molecule is Cc1csc(C(C)OC=O)n1. The number of thiazole rings is 1. The van der Waals surface area contributed by atoms with Crippen molar-refractivity contribution in [1.82, 2.24) is 4.98 Å². The van der Waals surface area contributed by atoms with E-state index in [2.05, 4.69) is 4.98 Å². The van der Waals surface area contributed by atoms with Crippen molar-refractivity contribution in [3.05, 3.63) is 16.1 Å². The smallest absolute Gasteiger partial charge is 0.293 e. The van der Waals surface area contributed by atoms with Gasteiger partial charge in [0.15, 0.2) is 0 Å². The second kappa shape index (κ2) is 3.48. The molecule has 60 valence electrons. The second-order valence-corrected chi connectivity index (χ2v) is 3.09. The molecule has 0 N–H and O–H groups in total. The number of aromatic nitrogens is 1. The third-order valence-electron chi connectivity index (χ3n) is 1.24. The molecule has 1 aromatic heterocycles. The Labute approximate surface area is 69.0 Å². The fourth-order valence-corrected chi connectivity index (χ4v) is 1.49. The van der Waals surface area contributed by atoms with Crippen molar-refractivity contribution in [2.75, 3.05) is 0 Å². The highest BCUT2D eigenvalue weighted by Crippen LogP contribution is 2.19. The van der Waals surface area contributed by atoms with Gasteiger partial charge in [-0.25, -0.2) is 4.98 Å². The number of nitrogens with zero attached hydrogens (tertiary/aromatic N) is 1. The van der Waals surface area contributed by atoms with Gasteiger partial charge in [0.25, 0.3) is 6.47 Å². The van der Waals surface area contributed by atoms with Crippen molar-refractivity contribution >= 4 is 17.8 Å². The first kappa shape index (κ1) is 8.20. The van der Waals surface area contributed by atoms with E-state index in [9.17, 15) is 4.79 Å². The van der Waals surface area contributed by atoms with Crippen LogP contribution >= 0.6 is 11.3 Å². The van der Waals surface area contributed by atoms with Crippen LogP contribution in [0.25, 0.3) is 0 Å². The summed E-state index contributed by atoms with van der Waals surface area (Å²) in [5.41, 5.74) is 0.964. The van der Waals surface area contributed by atoms with Gasteiger partial charge in [0.2, 0.25) is 0 Å². The maximum atomic E-state index is 9.95. The molecule has 4 heteroatoms. The largest absolute Gasteiger partial charge is 0.457 e. The lowest BCUT2D eigenvalue weighted by Gasteiger charge is -2.03. The molecule has 1 rings (SSSR count). The molecular weight excluding hydrogens is 162 g/mol. The van der Waals surface area contributed by atoms with Gasteiger partial charge in [0, 0.05) is 11.1 Å². The Morgan fingerprint density at radius 3 is 3.00 bits per heavy atom. The van der Waals surface area contributed by atoms with E-state index >= 15 is 0 Å². The van der Waals surface area contributed by atoms with Gasteiger partial charge in [-0.05, 0) is 13.8 Å².